The molecule has 1 heterocycles. The number of carbonyl (C=O) groups excluding carboxylic acids is 2. The van der Waals surface area contributed by atoms with Crippen molar-refractivity contribution in [1.29, 1.82) is 0 Å². The maximum Gasteiger partial charge on any atom is 0.325 e. The number of hydrogen-bond acceptors (Lipinski definition) is 3. The lowest BCUT2D eigenvalue weighted by atomic mass is 9.92. The molecule has 0 spiro atoms. The summed E-state index contributed by atoms with van der Waals surface area (Å²) in [6.45, 7) is 1.50. The number of halogens is 2. The lowest BCUT2D eigenvalue weighted by Crippen LogP contribution is -2.40. The van der Waals surface area contributed by atoms with E-state index in [2.05, 4.69) is 21.2 Å². The number of benzene rings is 2. The highest BCUT2D eigenvalue weighted by Crippen LogP contribution is 2.31. The van der Waals surface area contributed by atoms with Crippen LogP contribution >= 0.6 is 15.9 Å². The minimum absolute atomic E-state index is 0.129. The maximum absolute atomic E-state index is 14.0. The number of rotatable bonds is 4. The number of carbonyl (C=O) groups is 2. The largest absolute Gasteiger partial charge is 0.497 e. The Bertz CT molecular complexity index is 841. The Morgan fingerprint density at radius 2 is 1.88 bits per heavy atom. The standard InChI is InChI=1S/C18H16BrFN2O3/c1-18(12-4-7-14(25-2)8-5-12)16(23)22(17(24)21-18)10-11-3-6-13(19)9-15(11)20/h3-9H,10H2,1-2H3,(H,21,24)/t18-/m0/s1. The van der Waals surface area contributed by atoms with E-state index in [1.807, 2.05) is 0 Å². The summed E-state index contributed by atoms with van der Waals surface area (Å²) in [4.78, 5) is 26.2. The molecule has 0 unspecified atom stereocenters. The van der Waals surface area contributed by atoms with Crippen molar-refractivity contribution in [3.63, 3.8) is 0 Å². The van der Waals surface area contributed by atoms with Gasteiger partial charge in [0.05, 0.1) is 13.7 Å². The van der Waals surface area contributed by atoms with Gasteiger partial charge in [0.25, 0.3) is 5.91 Å². The Kier molecular flexibility index (Phi) is 4.51. The van der Waals surface area contributed by atoms with E-state index in [4.69, 9.17) is 4.74 Å². The summed E-state index contributed by atoms with van der Waals surface area (Å²) in [6.07, 6.45) is 0. The second-order valence-electron chi connectivity index (χ2n) is 5.91. The highest BCUT2D eigenvalue weighted by atomic mass is 79.9. The fourth-order valence-corrected chi connectivity index (χ4v) is 3.11. The molecule has 130 valence electrons. The molecular weight excluding hydrogens is 391 g/mol. The molecule has 0 aliphatic carbocycles. The zero-order valence-electron chi connectivity index (χ0n) is 13.7. The molecule has 1 aliphatic rings. The van der Waals surface area contributed by atoms with E-state index in [0.717, 1.165) is 4.90 Å². The molecule has 2 aromatic carbocycles. The Labute approximate surface area is 152 Å². The summed E-state index contributed by atoms with van der Waals surface area (Å²) in [6, 6.07) is 10.8. The fraction of sp³-hybridized carbons (Fsp3) is 0.222. The van der Waals surface area contributed by atoms with Crippen molar-refractivity contribution in [2.45, 2.75) is 19.0 Å². The van der Waals surface area contributed by atoms with E-state index in [0.29, 0.717) is 15.8 Å². The van der Waals surface area contributed by atoms with Crippen LogP contribution in [0.3, 0.4) is 0 Å². The molecule has 1 atom stereocenters. The predicted molar refractivity (Wildman–Crippen MR) is 93.5 cm³/mol. The molecule has 5 nitrogen and oxygen atoms in total. The predicted octanol–water partition coefficient (Wildman–Crippen LogP) is 3.56. The zero-order chi connectivity index (χ0) is 18.2. The van der Waals surface area contributed by atoms with Crippen molar-refractivity contribution >= 4 is 27.9 Å². The maximum atomic E-state index is 14.0. The van der Waals surface area contributed by atoms with Crippen LogP contribution in [0.5, 0.6) is 5.75 Å². The van der Waals surface area contributed by atoms with E-state index >= 15 is 0 Å². The van der Waals surface area contributed by atoms with Crippen molar-refractivity contribution in [3.8, 4) is 5.75 Å². The minimum atomic E-state index is -1.20. The summed E-state index contributed by atoms with van der Waals surface area (Å²) >= 11 is 3.18. The molecule has 0 aromatic heterocycles. The highest BCUT2D eigenvalue weighted by molar-refractivity contribution is 9.10. The molecule has 1 aliphatic heterocycles. The van der Waals surface area contributed by atoms with Gasteiger partial charge in [0.1, 0.15) is 17.1 Å². The fourth-order valence-electron chi connectivity index (χ4n) is 2.78. The first-order valence-electron chi connectivity index (χ1n) is 7.57. The van der Waals surface area contributed by atoms with Gasteiger partial charge in [0, 0.05) is 10.0 Å². The number of nitrogens with one attached hydrogen (secondary N) is 1. The second kappa shape index (κ2) is 6.48. The number of methoxy groups -OCH3 is 1. The average molecular weight is 407 g/mol. The highest BCUT2D eigenvalue weighted by Gasteiger charge is 2.49. The van der Waals surface area contributed by atoms with E-state index in [9.17, 15) is 14.0 Å². The minimum Gasteiger partial charge on any atom is -0.497 e. The van der Waals surface area contributed by atoms with Crippen LogP contribution in [0.1, 0.15) is 18.1 Å². The molecule has 25 heavy (non-hydrogen) atoms. The summed E-state index contributed by atoms with van der Waals surface area (Å²) in [5, 5.41) is 2.70. The van der Waals surface area contributed by atoms with Crippen LogP contribution in [0.15, 0.2) is 46.9 Å². The average Bonchev–Trinajstić information content (AvgIpc) is 2.81. The summed E-state index contributed by atoms with van der Waals surface area (Å²) < 4.78 is 19.7. The molecule has 3 rings (SSSR count). The Morgan fingerprint density at radius 1 is 1.20 bits per heavy atom. The van der Waals surface area contributed by atoms with Gasteiger partial charge in [-0.15, -0.1) is 0 Å². The lowest BCUT2D eigenvalue weighted by Gasteiger charge is -2.22. The van der Waals surface area contributed by atoms with Crippen LogP contribution in [0, 0.1) is 5.82 Å². The summed E-state index contributed by atoms with van der Waals surface area (Å²) in [5.41, 5.74) is -0.300. The Balaban J connectivity index is 1.88. The topological polar surface area (TPSA) is 58.6 Å². The molecule has 7 heteroatoms. The first-order chi connectivity index (χ1) is 11.8. The normalized spacial score (nSPS) is 19.9. The summed E-state index contributed by atoms with van der Waals surface area (Å²) in [5.74, 6) is -0.254. The van der Waals surface area contributed by atoms with Gasteiger partial charge in [0.15, 0.2) is 0 Å². The molecule has 3 amide bonds. The van der Waals surface area contributed by atoms with Crippen LogP contribution < -0.4 is 10.1 Å². The van der Waals surface area contributed by atoms with Crippen molar-refractivity contribution < 1.29 is 18.7 Å². The summed E-state index contributed by atoms with van der Waals surface area (Å²) in [7, 11) is 1.55. The van der Waals surface area contributed by atoms with Gasteiger partial charge < -0.3 is 10.1 Å². The van der Waals surface area contributed by atoms with Gasteiger partial charge in [-0.2, -0.15) is 0 Å². The van der Waals surface area contributed by atoms with Crippen LogP contribution in [-0.2, 0) is 16.9 Å². The third-order valence-corrected chi connectivity index (χ3v) is 4.78. The van der Waals surface area contributed by atoms with Crippen LogP contribution in [0.2, 0.25) is 0 Å². The van der Waals surface area contributed by atoms with E-state index in [1.54, 1.807) is 50.4 Å². The number of hydrogen-bond donors (Lipinski definition) is 1. The van der Waals surface area contributed by atoms with Crippen molar-refractivity contribution in [1.82, 2.24) is 10.2 Å². The monoisotopic (exact) mass is 406 g/mol. The quantitative estimate of drug-likeness (QED) is 0.789. The molecule has 1 N–H and O–H groups in total. The lowest BCUT2D eigenvalue weighted by molar-refractivity contribution is -0.131. The molecular formula is C18H16BrFN2O3. The molecule has 0 saturated carbocycles. The number of nitrogens with zero attached hydrogens (tertiary/aromatic N) is 1. The van der Waals surface area contributed by atoms with Crippen LogP contribution in [-0.4, -0.2) is 23.9 Å². The molecule has 2 aromatic rings. The zero-order valence-corrected chi connectivity index (χ0v) is 15.3. The van der Waals surface area contributed by atoms with Crippen molar-refractivity contribution in [2.24, 2.45) is 0 Å². The van der Waals surface area contributed by atoms with Gasteiger partial charge in [0.2, 0.25) is 0 Å². The number of ether oxygens (including phenoxy) is 1. The Morgan fingerprint density at radius 3 is 2.48 bits per heavy atom. The van der Waals surface area contributed by atoms with Gasteiger partial charge in [-0.3, -0.25) is 9.69 Å². The first-order valence-corrected chi connectivity index (χ1v) is 8.37. The molecule has 0 radical (unpaired) electrons. The van der Waals surface area contributed by atoms with Crippen molar-refractivity contribution in [2.75, 3.05) is 7.11 Å². The van der Waals surface area contributed by atoms with Gasteiger partial charge in [-0.1, -0.05) is 34.1 Å². The van der Waals surface area contributed by atoms with Gasteiger partial charge >= 0.3 is 6.03 Å². The SMILES string of the molecule is COc1ccc([C@]2(C)NC(=O)N(Cc3ccc(Br)cc3F)C2=O)cc1. The van der Waals surface area contributed by atoms with Gasteiger partial charge in [-0.25, -0.2) is 9.18 Å². The molecule has 1 fully saturated rings. The third-order valence-electron chi connectivity index (χ3n) is 4.29. The smallest absolute Gasteiger partial charge is 0.325 e. The van der Waals surface area contributed by atoms with E-state index < -0.39 is 23.3 Å². The second-order valence-corrected chi connectivity index (χ2v) is 6.83. The number of urea groups is 1. The number of amides is 3. The Hall–Kier alpha value is -2.41. The van der Waals surface area contributed by atoms with Crippen LogP contribution in [0.25, 0.3) is 0 Å². The first kappa shape index (κ1) is 17.4. The van der Waals surface area contributed by atoms with Crippen LogP contribution in [0.4, 0.5) is 9.18 Å². The molecule has 0 bridgehead atoms. The molecule has 1 saturated heterocycles. The number of imide groups is 1. The third kappa shape index (κ3) is 3.11. The van der Waals surface area contributed by atoms with E-state index in [1.165, 1.54) is 6.07 Å². The van der Waals surface area contributed by atoms with Gasteiger partial charge in [-0.05, 0) is 36.8 Å². The van der Waals surface area contributed by atoms with Crippen molar-refractivity contribution in [3.05, 3.63) is 63.9 Å². The van der Waals surface area contributed by atoms with E-state index in [-0.39, 0.29) is 12.1 Å².